The summed E-state index contributed by atoms with van der Waals surface area (Å²) < 4.78 is 5.51. The molecule has 0 heterocycles. The maximum Gasteiger partial charge on any atom is 0.407 e. The normalized spacial score (nSPS) is 12.4. The Morgan fingerprint density at radius 1 is 0.970 bits per heavy atom. The molecule has 0 bridgehead atoms. The van der Waals surface area contributed by atoms with Gasteiger partial charge in [-0.25, -0.2) is 4.79 Å². The first kappa shape index (κ1) is 22.1. The fourth-order valence-corrected chi connectivity index (χ4v) is 4.14. The number of alkyl carbamates (subject to hydrolysis) is 1. The number of hydrogen-bond acceptors (Lipinski definition) is 4. The van der Waals surface area contributed by atoms with Gasteiger partial charge in [0.15, 0.2) is 0 Å². The number of aliphatic carboxylic acids is 1. The number of fused-ring (bicyclic) bond motifs is 3. The summed E-state index contributed by atoms with van der Waals surface area (Å²) in [6.45, 7) is 0.642. The minimum Gasteiger partial charge on any atom is -0.507 e. The highest BCUT2D eigenvalue weighted by atomic mass is 16.5. The zero-order valence-electron chi connectivity index (χ0n) is 18.0. The number of carboxylic acid groups (broad SMARTS) is 1. The number of ether oxygens (including phenoxy) is 1. The first-order chi connectivity index (χ1) is 16.0. The first-order valence-corrected chi connectivity index (χ1v) is 10.8. The molecule has 0 aliphatic heterocycles. The maximum absolute atomic E-state index is 12.2. The van der Waals surface area contributed by atoms with Crippen molar-refractivity contribution in [2.75, 3.05) is 13.2 Å². The molecule has 3 aromatic carbocycles. The van der Waals surface area contributed by atoms with E-state index in [1.807, 2.05) is 30.3 Å². The minimum atomic E-state index is -0.928. The van der Waals surface area contributed by atoms with E-state index in [0.29, 0.717) is 24.1 Å². The standard InChI is InChI=1S/C27H25NO5/c29-25-13-12-18(16-26(30)31)15-19(25)7-5-6-14-28-27(32)33-17-24-22-10-3-1-8-20(22)21-9-2-4-11-23(21)24/h1-5,7-13,15,24,29H,6,14,16-17H2,(H,28,32)(H,30,31). The van der Waals surface area contributed by atoms with Crippen LogP contribution in [0.4, 0.5) is 4.79 Å². The van der Waals surface area contributed by atoms with Gasteiger partial charge < -0.3 is 20.3 Å². The van der Waals surface area contributed by atoms with Gasteiger partial charge in [-0.2, -0.15) is 0 Å². The van der Waals surface area contributed by atoms with E-state index in [4.69, 9.17) is 9.84 Å². The van der Waals surface area contributed by atoms with Crippen molar-refractivity contribution in [2.24, 2.45) is 0 Å². The van der Waals surface area contributed by atoms with Crippen molar-refractivity contribution < 1.29 is 24.5 Å². The molecule has 1 aliphatic carbocycles. The van der Waals surface area contributed by atoms with Gasteiger partial charge in [-0.1, -0.05) is 66.7 Å². The van der Waals surface area contributed by atoms with Gasteiger partial charge in [0, 0.05) is 18.0 Å². The average molecular weight is 443 g/mol. The van der Waals surface area contributed by atoms with E-state index in [-0.39, 0.29) is 24.7 Å². The summed E-state index contributed by atoms with van der Waals surface area (Å²) in [5, 5.41) is 21.6. The number of phenols is 1. The summed E-state index contributed by atoms with van der Waals surface area (Å²) in [7, 11) is 0. The second-order valence-electron chi connectivity index (χ2n) is 7.91. The fraction of sp³-hybridized carbons (Fsp3) is 0.185. The number of phenolic OH excluding ortho intramolecular Hbond substituents is 1. The summed E-state index contributed by atoms with van der Waals surface area (Å²) in [5.41, 5.74) is 5.84. The van der Waals surface area contributed by atoms with Crippen molar-refractivity contribution in [2.45, 2.75) is 18.8 Å². The lowest BCUT2D eigenvalue weighted by Gasteiger charge is -2.14. The second-order valence-corrected chi connectivity index (χ2v) is 7.91. The molecular weight excluding hydrogens is 418 g/mol. The van der Waals surface area contributed by atoms with Crippen molar-refractivity contribution in [1.82, 2.24) is 5.32 Å². The number of rotatable bonds is 8. The van der Waals surface area contributed by atoms with E-state index in [9.17, 15) is 14.7 Å². The number of aromatic hydroxyl groups is 1. The molecule has 0 saturated carbocycles. The Labute approximate surface area is 192 Å². The number of amides is 1. The molecular formula is C27H25NO5. The second kappa shape index (κ2) is 10.0. The summed E-state index contributed by atoms with van der Waals surface area (Å²) >= 11 is 0. The lowest BCUT2D eigenvalue weighted by atomic mass is 9.98. The molecule has 0 atom stereocenters. The van der Waals surface area contributed by atoms with Crippen LogP contribution < -0.4 is 5.32 Å². The number of nitrogens with one attached hydrogen (secondary N) is 1. The molecule has 33 heavy (non-hydrogen) atoms. The first-order valence-electron chi connectivity index (χ1n) is 10.8. The highest BCUT2D eigenvalue weighted by molar-refractivity contribution is 5.79. The van der Waals surface area contributed by atoms with Gasteiger partial charge in [-0.05, 0) is 46.4 Å². The Kier molecular flexibility index (Phi) is 6.74. The predicted octanol–water partition coefficient (Wildman–Crippen LogP) is 4.96. The van der Waals surface area contributed by atoms with Gasteiger partial charge in [0.1, 0.15) is 12.4 Å². The molecule has 0 spiro atoms. The number of benzene rings is 3. The number of hydrogen-bond donors (Lipinski definition) is 3. The van der Waals surface area contributed by atoms with Gasteiger partial charge in [0.25, 0.3) is 0 Å². The van der Waals surface area contributed by atoms with Gasteiger partial charge in [0.05, 0.1) is 6.42 Å². The Bertz CT molecular complexity index is 1160. The molecule has 1 amide bonds. The van der Waals surface area contributed by atoms with E-state index in [1.165, 1.54) is 28.3 Å². The molecule has 0 saturated heterocycles. The molecule has 3 N–H and O–H groups in total. The lowest BCUT2D eigenvalue weighted by molar-refractivity contribution is -0.136. The minimum absolute atomic E-state index is 0.0177. The molecule has 0 aromatic heterocycles. The molecule has 3 aromatic rings. The quantitative estimate of drug-likeness (QED) is 0.428. The third-order valence-corrected chi connectivity index (χ3v) is 5.67. The van der Waals surface area contributed by atoms with E-state index < -0.39 is 12.1 Å². The average Bonchev–Trinajstić information content (AvgIpc) is 3.13. The summed E-state index contributed by atoms with van der Waals surface area (Å²) in [5.74, 6) is -0.836. The summed E-state index contributed by atoms with van der Waals surface area (Å²) in [6, 6.07) is 21.1. The molecule has 6 heteroatoms. The highest BCUT2D eigenvalue weighted by Gasteiger charge is 2.28. The van der Waals surface area contributed by atoms with Gasteiger partial charge in [0.2, 0.25) is 0 Å². The van der Waals surface area contributed by atoms with Crippen molar-refractivity contribution in [1.29, 1.82) is 0 Å². The monoisotopic (exact) mass is 443 g/mol. The number of carboxylic acids is 1. The highest BCUT2D eigenvalue weighted by Crippen LogP contribution is 2.44. The van der Waals surface area contributed by atoms with Crippen LogP contribution in [0.15, 0.2) is 72.8 Å². The predicted molar refractivity (Wildman–Crippen MR) is 126 cm³/mol. The van der Waals surface area contributed by atoms with Crippen LogP contribution in [0.2, 0.25) is 0 Å². The van der Waals surface area contributed by atoms with E-state index in [2.05, 4.69) is 29.6 Å². The van der Waals surface area contributed by atoms with E-state index in [0.717, 1.165) is 0 Å². The summed E-state index contributed by atoms with van der Waals surface area (Å²) in [6.07, 6.45) is 3.47. The zero-order chi connectivity index (χ0) is 23.2. The molecule has 6 nitrogen and oxygen atoms in total. The fourth-order valence-electron chi connectivity index (χ4n) is 4.14. The van der Waals surface area contributed by atoms with Crippen molar-refractivity contribution in [3.8, 4) is 16.9 Å². The van der Waals surface area contributed by atoms with E-state index >= 15 is 0 Å². The van der Waals surface area contributed by atoms with Crippen LogP contribution in [0.1, 0.15) is 34.6 Å². The Morgan fingerprint density at radius 3 is 2.30 bits per heavy atom. The molecule has 0 fully saturated rings. The molecule has 4 rings (SSSR count). The van der Waals surface area contributed by atoms with Crippen LogP contribution in [-0.2, 0) is 16.0 Å². The maximum atomic E-state index is 12.2. The van der Waals surface area contributed by atoms with Crippen molar-refractivity contribution >= 4 is 18.1 Å². The Hall–Kier alpha value is -4.06. The van der Waals surface area contributed by atoms with E-state index in [1.54, 1.807) is 18.2 Å². The van der Waals surface area contributed by atoms with Crippen LogP contribution in [0.5, 0.6) is 5.75 Å². The Morgan fingerprint density at radius 2 is 1.64 bits per heavy atom. The lowest BCUT2D eigenvalue weighted by Crippen LogP contribution is -2.26. The number of carbonyl (C=O) groups excluding carboxylic acids is 1. The number of carbonyl (C=O) groups is 2. The third kappa shape index (κ3) is 5.23. The molecule has 0 radical (unpaired) electrons. The van der Waals surface area contributed by atoms with Gasteiger partial charge >= 0.3 is 12.1 Å². The Balaban J connectivity index is 1.27. The smallest absolute Gasteiger partial charge is 0.407 e. The van der Waals surface area contributed by atoms with Crippen LogP contribution in [0.3, 0.4) is 0 Å². The molecule has 168 valence electrons. The van der Waals surface area contributed by atoms with Crippen LogP contribution in [0.25, 0.3) is 17.2 Å². The molecule has 1 aliphatic rings. The van der Waals surface area contributed by atoms with Crippen molar-refractivity contribution in [3.05, 3.63) is 95.1 Å². The van der Waals surface area contributed by atoms with Crippen LogP contribution in [-0.4, -0.2) is 35.4 Å². The molecule has 0 unspecified atom stereocenters. The third-order valence-electron chi connectivity index (χ3n) is 5.67. The van der Waals surface area contributed by atoms with Crippen LogP contribution >= 0.6 is 0 Å². The van der Waals surface area contributed by atoms with Crippen molar-refractivity contribution in [3.63, 3.8) is 0 Å². The van der Waals surface area contributed by atoms with Gasteiger partial charge in [-0.3, -0.25) is 4.79 Å². The topological polar surface area (TPSA) is 95.9 Å². The van der Waals surface area contributed by atoms with Crippen LogP contribution in [0, 0.1) is 0 Å². The SMILES string of the molecule is O=C(O)Cc1ccc(O)c(C=CCCNC(=O)OCC2c3ccccc3-c3ccccc32)c1. The zero-order valence-corrected chi connectivity index (χ0v) is 18.0. The summed E-state index contributed by atoms with van der Waals surface area (Å²) in [4.78, 5) is 23.1. The van der Waals surface area contributed by atoms with Gasteiger partial charge in [-0.15, -0.1) is 0 Å². The largest absolute Gasteiger partial charge is 0.507 e.